The third-order valence-corrected chi connectivity index (χ3v) is 2.71. The Labute approximate surface area is 84.4 Å². The maximum atomic E-state index is 13.2. The van der Waals surface area contributed by atoms with Gasteiger partial charge in [-0.15, -0.1) is 0 Å². The lowest BCUT2D eigenvalue weighted by Gasteiger charge is -2.27. The molecule has 0 spiro atoms. The fraction of sp³-hybridized carbons (Fsp3) is 0.333. The van der Waals surface area contributed by atoms with Crippen molar-refractivity contribution in [3.8, 4) is 5.75 Å². The highest BCUT2D eigenvalue weighted by molar-refractivity contribution is 9.10. The molecule has 1 aromatic rings. The van der Waals surface area contributed by atoms with E-state index in [0.717, 1.165) is 18.0 Å². The van der Waals surface area contributed by atoms with Crippen LogP contribution in [0.25, 0.3) is 0 Å². The van der Waals surface area contributed by atoms with Gasteiger partial charge in [0.25, 0.3) is 0 Å². The number of anilines is 1. The summed E-state index contributed by atoms with van der Waals surface area (Å²) in [6.07, 6.45) is 0. The molecule has 0 fully saturated rings. The fourth-order valence-electron chi connectivity index (χ4n) is 1.34. The van der Waals surface area contributed by atoms with Crippen molar-refractivity contribution in [1.82, 2.24) is 0 Å². The van der Waals surface area contributed by atoms with Gasteiger partial charge in [0, 0.05) is 13.1 Å². The molecule has 2 rings (SSSR count). The summed E-state index contributed by atoms with van der Waals surface area (Å²) in [5.41, 5.74) is 0.812. The summed E-state index contributed by atoms with van der Waals surface area (Å²) in [7, 11) is 1.93. The lowest BCUT2D eigenvalue weighted by molar-refractivity contribution is 0.310. The number of hydrogen-bond donors (Lipinski definition) is 0. The van der Waals surface area contributed by atoms with Gasteiger partial charge in [0.2, 0.25) is 0 Å². The number of benzene rings is 1. The summed E-state index contributed by atoms with van der Waals surface area (Å²) < 4.78 is 19.0. The summed E-state index contributed by atoms with van der Waals surface area (Å²) in [6.45, 7) is 1.45. The molecule has 1 aromatic carbocycles. The number of rotatable bonds is 0. The van der Waals surface area contributed by atoms with Gasteiger partial charge < -0.3 is 9.64 Å². The van der Waals surface area contributed by atoms with E-state index in [1.165, 1.54) is 6.07 Å². The van der Waals surface area contributed by atoms with Gasteiger partial charge in [-0.3, -0.25) is 0 Å². The van der Waals surface area contributed by atoms with Crippen molar-refractivity contribution in [3.05, 3.63) is 22.4 Å². The Bertz CT molecular complexity index is 343. The van der Waals surface area contributed by atoms with Gasteiger partial charge in [-0.2, -0.15) is 0 Å². The normalized spacial score (nSPS) is 15.2. The molecule has 1 heterocycles. The number of hydrogen-bond acceptors (Lipinski definition) is 2. The summed E-state index contributed by atoms with van der Waals surface area (Å²) in [5, 5.41) is 0. The topological polar surface area (TPSA) is 12.5 Å². The highest BCUT2D eigenvalue weighted by Gasteiger charge is 2.16. The standard InChI is InChI=1S/C9H9BrFNO/c1-12-2-3-13-9-4-6(10)7(11)5-8(9)12/h4-5H,2-3H2,1H3. The van der Waals surface area contributed by atoms with Gasteiger partial charge in [-0.05, 0) is 22.0 Å². The second-order valence-electron chi connectivity index (χ2n) is 3.00. The van der Waals surface area contributed by atoms with Crippen LogP contribution in [0.3, 0.4) is 0 Å². The number of likely N-dealkylation sites (N-methyl/N-ethyl adjacent to an activating group) is 1. The van der Waals surface area contributed by atoms with Crippen molar-refractivity contribution in [1.29, 1.82) is 0 Å². The lowest BCUT2D eigenvalue weighted by Crippen LogP contribution is -2.28. The second-order valence-corrected chi connectivity index (χ2v) is 3.86. The zero-order valence-corrected chi connectivity index (χ0v) is 8.77. The number of ether oxygens (including phenoxy) is 1. The smallest absolute Gasteiger partial charge is 0.144 e. The third kappa shape index (κ3) is 1.50. The summed E-state index contributed by atoms with van der Waals surface area (Å²) in [5.74, 6) is 0.484. The molecule has 70 valence electrons. The Hall–Kier alpha value is -0.770. The molecule has 0 atom stereocenters. The molecule has 0 aliphatic carbocycles. The second kappa shape index (κ2) is 3.18. The van der Waals surface area contributed by atoms with Crippen molar-refractivity contribution in [2.24, 2.45) is 0 Å². The molecule has 0 radical (unpaired) electrons. The highest BCUT2D eigenvalue weighted by atomic mass is 79.9. The number of fused-ring (bicyclic) bond motifs is 1. The maximum Gasteiger partial charge on any atom is 0.144 e. The molecule has 2 nitrogen and oxygen atoms in total. The predicted octanol–water partition coefficient (Wildman–Crippen LogP) is 2.42. The van der Waals surface area contributed by atoms with E-state index in [2.05, 4.69) is 15.9 Å². The SMILES string of the molecule is CN1CCOc2cc(Br)c(F)cc21. The molecule has 0 amide bonds. The minimum atomic E-state index is -0.254. The van der Waals surface area contributed by atoms with Crippen molar-refractivity contribution in [3.63, 3.8) is 0 Å². The number of nitrogens with zero attached hydrogens (tertiary/aromatic N) is 1. The maximum absolute atomic E-state index is 13.2. The van der Waals surface area contributed by atoms with E-state index in [1.807, 2.05) is 11.9 Å². The first-order chi connectivity index (χ1) is 6.18. The van der Waals surface area contributed by atoms with E-state index >= 15 is 0 Å². The molecule has 13 heavy (non-hydrogen) atoms. The van der Waals surface area contributed by atoms with Crippen LogP contribution in [0.4, 0.5) is 10.1 Å². The first-order valence-corrected chi connectivity index (χ1v) is 4.81. The van der Waals surface area contributed by atoms with Crippen LogP contribution in [0.15, 0.2) is 16.6 Å². The summed E-state index contributed by atoms with van der Waals surface area (Å²) in [4.78, 5) is 1.98. The van der Waals surface area contributed by atoms with Gasteiger partial charge in [0.05, 0.1) is 16.7 Å². The van der Waals surface area contributed by atoms with E-state index in [4.69, 9.17) is 4.74 Å². The molecule has 1 aliphatic heterocycles. The van der Waals surface area contributed by atoms with E-state index < -0.39 is 0 Å². The zero-order valence-electron chi connectivity index (χ0n) is 7.18. The molecule has 0 saturated carbocycles. The summed E-state index contributed by atoms with van der Waals surface area (Å²) >= 11 is 3.12. The average Bonchev–Trinajstić information content (AvgIpc) is 2.09. The minimum Gasteiger partial charge on any atom is -0.490 e. The van der Waals surface area contributed by atoms with Gasteiger partial charge in [-0.25, -0.2) is 4.39 Å². The molecule has 0 unspecified atom stereocenters. The Balaban J connectivity index is 2.52. The van der Waals surface area contributed by atoms with E-state index in [1.54, 1.807) is 6.07 Å². The van der Waals surface area contributed by atoms with Crippen molar-refractivity contribution in [2.45, 2.75) is 0 Å². The fourth-order valence-corrected chi connectivity index (χ4v) is 1.67. The Kier molecular flexibility index (Phi) is 2.15. The highest BCUT2D eigenvalue weighted by Crippen LogP contribution is 2.34. The molecule has 0 aromatic heterocycles. The minimum absolute atomic E-state index is 0.254. The zero-order chi connectivity index (χ0) is 9.42. The van der Waals surface area contributed by atoms with Gasteiger partial charge >= 0.3 is 0 Å². The van der Waals surface area contributed by atoms with Gasteiger partial charge in [-0.1, -0.05) is 0 Å². The molecule has 4 heteroatoms. The summed E-state index contributed by atoms with van der Waals surface area (Å²) in [6, 6.07) is 3.15. The number of halogens is 2. The van der Waals surface area contributed by atoms with Crippen LogP contribution in [0, 0.1) is 5.82 Å². The molecular formula is C9H9BrFNO. The molecule has 0 bridgehead atoms. The van der Waals surface area contributed by atoms with E-state index in [-0.39, 0.29) is 5.82 Å². The predicted molar refractivity (Wildman–Crippen MR) is 52.9 cm³/mol. The average molecular weight is 246 g/mol. The van der Waals surface area contributed by atoms with Crippen LogP contribution < -0.4 is 9.64 Å². The Morgan fingerprint density at radius 3 is 3.08 bits per heavy atom. The van der Waals surface area contributed by atoms with Gasteiger partial charge in [0.1, 0.15) is 18.2 Å². The van der Waals surface area contributed by atoms with Crippen LogP contribution in [-0.4, -0.2) is 20.2 Å². The first kappa shape index (κ1) is 8.81. The Morgan fingerprint density at radius 2 is 2.31 bits per heavy atom. The monoisotopic (exact) mass is 245 g/mol. The quantitative estimate of drug-likeness (QED) is 0.697. The first-order valence-electron chi connectivity index (χ1n) is 4.01. The van der Waals surface area contributed by atoms with E-state index in [9.17, 15) is 4.39 Å². The molecular weight excluding hydrogens is 237 g/mol. The van der Waals surface area contributed by atoms with E-state index in [0.29, 0.717) is 11.1 Å². The van der Waals surface area contributed by atoms with Crippen LogP contribution >= 0.6 is 15.9 Å². The van der Waals surface area contributed by atoms with Crippen molar-refractivity contribution < 1.29 is 9.13 Å². The van der Waals surface area contributed by atoms with Gasteiger partial charge in [0.15, 0.2) is 0 Å². The van der Waals surface area contributed by atoms with Crippen LogP contribution in [0.1, 0.15) is 0 Å². The Morgan fingerprint density at radius 1 is 1.54 bits per heavy atom. The van der Waals surface area contributed by atoms with Crippen LogP contribution in [0.2, 0.25) is 0 Å². The molecule has 0 saturated heterocycles. The van der Waals surface area contributed by atoms with Crippen molar-refractivity contribution >= 4 is 21.6 Å². The third-order valence-electron chi connectivity index (χ3n) is 2.10. The van der Waals surface area contributed by atoms with Crippen molar-refractivity contribution in [2.75, 3.05) is 25.1 Å². The molecule has 0 N–H and O–H groups in total. The lowest BCUT2D eigenvalue weighted by atomic mass is 10.2. The largest absolute Gasteiger partial charge is 0.490 e. The van der Waals surface area contributed by atoms with Crippen LogP contribution in [0.5, 0.6) is 5.75 Å². The van der Waals surface area contributed by atoms with Crippen LogP contribution in [-0.2, 0) is 0 Å². The molecule has 1 aliphatic rings.